The van der Waals surface area contributed by atoms with Crippen LogP contribution in [0, 0.1) is 11.3 Å². The van der Waals surface area contributed by atoms with Crippen molar-refractivity contribution in [1.29, 1.82) is 5.26 Å². The van der Waals surface area contributed by atoms with E-state index < -0.39 is 0 Å². The van der Waals surface area contributed by atoms with Gasteiger partial charge >= 0.3 is 0 Å². The van der Waals surface area contributed by atoms with Crippen molar-refractivity contribution in [2.24, 2.45) is 0 Å². The molecule has 0 aliphatic rings. The number of nitriles is 1. The van der Waals surface area contributed by atoms with Gasteiger partial charge < -0.3 is 9.64 Å². The summed E-state index contributed by atoms with van der Waals surface area (Å²) in [5.74, 6) is 0. The van der Waals surface area contributed by atoms with Crippen LogP contribution in [0.1, 0.15) is 16.8 Å². The molecule has 5 heteroatoms. The lowest BCUT2D eigenvalue weighted by Crippen LogP contribution is -2.29. The smallest absolute Gasteiger partial charge is 0.152 e. The molecule has 0 saturated heterocycles. The molecule has 0 aliphatic carbocycles. The van der Waals surface area contributed by atoms with Crippen molar-refractivity contribution in [2.75, 3.05) is 31.7 Å². The molecule has 0 radical (unpaired) electrons. The van der Waals surface area contributed by atoms with Crippen molar-refractivity contribution >= 4 is 23.6 Å². The summed E-state index contributed by atoms with van der Waals surface area (Å²) in [6.45, 7) is 1.61. The zero-order valence-corrected chi connectivity index (χ0v) is 11.0. The molecule has 0 saturated carbocycles. The lowest BCUT2D eigenvalue weighted by molar-refractivity contribution is 0.112. The van der Waals surface area contributed by atoms with Crippen LogP contribution in [0.5, 0.6) is 0 Å². The fraction of sp³-hybridized carbons (Fsp3) is 0.385. The highest BCUT2D eigenvalue weighted by Gasteiger charge is 2.14. The van der Waals surface area contributed by atoms with E-state index in [1.807, 2.05) is 4.90 Å². The lowest BCUT2D eigenvalue weighted by Gasteiger charge is -2.25. The molecule has 0 fully saturated rings. The molecule has 0 spiro atoms. The van der Waals surface area contributed by atoms with Crippen LogP contribution in [-0.2, 0) is 4.74 Å². The van der Waals surface area contributed by atoms with Gasteiger partial charge in [-0.3, -0.25) is 4.79 Å². The van der Waals surface area contributed by atoms with Gasteiger partial charge in [-0.15, -0.1) is 0 Å². The Morgan fingerprint density at radius 2 is 2.28 bits per heavy atom. The van der Waals surface area contributed by atoms with E-state index in [2.05, 4.69) is 6.07 Å². The topological polar surface area (TPSA) is 53.3 Å². The molecular formula is C13H15ClN2O2. The molecule has 1 aromatic carbocycles. The van der Waals surface area contributed by atoms with Crippen LogP contribution in [0.2, 0.25) is 5.02 Å². The minimum Gasteiger partial charge on any atom is -0.383 e. The first kappa shape index (κ1) is 14.5. The highest BCUT2D eigenvalue weighted by atomic mass is 35.5. The second kappa shape index (κ2) is 7.70. The second-order valence-corrected chi connectivity index (χ2v) is 4.09. The highest BCUT2D eigenvalue weighted by Crippen LogP contribution is 2.29. The first-order valence-electron chi connectivity index (χ1n) is 5.59. The van der Waals surface area contributed by atoms with Gasteiger partial charge in [0.25, 0.3) is 0 Å². The molecular weight excluding hydrogens is 252 g/mol. The molecule has 18 heavy (non-hydrogen) atoms. The number of nitrogens with zero attached hydrogens (tertiary/aromatic N) is 2. The van der Waals surface area contributed by atoms with Gasteiger partial charge in [-0.2, -0.15) is 5.26 Å². The summed E-state index contributed by atoms with van der Waals surface area (Å²) in [4.78, 5) is 13.0. The van der Waals surface area contributed by atoms with Crippen LogP contribution in [0.4, 0.5) is 5.69 Å². The third-order valence-electron chi connectivity index (χ3n) is 2.52. The average molecular weight is 267 g/mol. The van der Waals surface area contributed by atoms with Crippen LogP contribution >= 0.6 is 11.6 Å². The first-order chi connectivity index (χ1) is 8.74. The van der Waals surface area contributed by atoms with Gasteiger partial charge in [0.2, 0.25) is 0 Å². The summed E-state index contributed by atoms with van der Waals surface area (Å²) < 4.78 is 5.03. The van der Waals surface area contributed by atoms with Gasteiger partial charge in [-0.05, 0) is 12.1 Å². The molecule has 96 valence electrons. The van der Waals surface area contributed by atoms with Crippen molar-refractivity contribution < 1.29 is 9.53 Å². The fourth-order valence-corrected chi connectivity index (χ4v) is 1.98. The maximum atomic E-state index is 11.1. The summed E-state index contributed by atoms with van der Waals surface area (Å²) in [7, 11) is 1.61. The molecule has 0 bridgehead atoms. The van der Waals surface area contributed by atoms with Crippen molar-refractivity contribution in [1.82, 2.24) is 0 Å². The first-order valence-corrected chi connectivity index (χ1v) is 5.97. The minimum atomic E-state index is 0.368. The number of hydrogen-bond acceptors (Lipinski definition) is 4. The summed E-state index contributed by atoms with van der Waals surface area (Å²) in [6.07, 6.45) is 1.14. The van der Waals surface area contributed by atoms with Gasteiger partial charge in [0.05, 0.1) is 29.8 Å². The van der Waals surface area contributed by atoms with Crippen LogP contribution in [-0.4, -0.2) is 33.1 Å². The predicted molar refractivity (Wildman–Crippen MR) is 71.2 cm³/mol. The summed E-state index contributed by atoms with van der Waals surface area (Å²) in [6, 6.07) is 7.26. The van der Waals surface area contributed by atoms with Gasteiger partial charge in [-0.1, -0.05) is 17.7 Å². The summed E-state index contributed by atoms with van der Waals surface area (Å²) in [5.41, 5.74) is 1.19. The van der Waals surface area contributed by atoms with E-state index in [-0.39, 0.29) is 0 Å². The predicted octanol–water partition coefficient (Wildman–Crippen LogP) is 2.52. The molecule has 1 aromatic rings. The third kappa shape index (κ3) is 3.73. The van der Waals surface area contributed by atoms with E-state index in [1.54, 1.807) is 25.3 Å². The Kier molecular flexibility index (Phi) is 6.20. The highest BCUT2D eigenvalue weighted by molar-refractivity contribution is 6.33. The lowest BCUT2D eigenvalue weighted by atomic mass is 10.1. The number of halogens is 1. The van der Waals surface area contributed by atoms with Crippen molar-refractivity contribution in [3.8, 4) is 6.07 Å². The maximum Gasteiger partial charge on any atom is 0.152 e. The SMILES string of the molecule is COCCN(CCC#N)c1c(Cl)cccc1C=O. The van der Waals surface area contributed by atoms with Gasteiger partial charge in [0.1, 0.15) is 0 Å². The van der Waals surface area contributed by atoms with Gasteiger partial charge in [0, 0.05) is 25.8 Å². The number of carbonyl (C=O) groups is 1. The molecule has 0 amide bonds. The second-order valence-electron chi connectivity index (χ2n) is 3.68. The van der Waals surface area contributed by atoms with E-state index >= 15 is 0 Å². The number of benzene rings is 1. The van der Waals surface area contributed by atoms with E-state index in [4.69, 9.17) is 21.6 Å². The maximum absolute atomic E-state index is 11.1. The van der Waals surface area contributed by atoms with Crippen LogP contribution in [0.3, 0.4) is 0 Å². The Morgan fingerprint density at radius 3 is 2.89 bits per heavy atom. The van der Waals surface area contributed by atoms with Gasteiger partial charge in [0.15, 0.2) is 6.29 Å². The van der Waals surface area contributed by atoms with Gasteiger partial charge in [-0.25, -0.2) is 0 Å². The van der Waals surface area contributed by atoms with E-state index in [1.165, 1.54) is 0 Å². The fourth-order valence-electron chi connectivity index (χ4n) is 1.68. The molecule has 4 nitrogen and oxygen atoms in total. The number of aldehydes is 1. The summed E-state index contributed by atoms with van der Waals surface area (Å²) >= 11 is 6.14. The number of hydrogen-bond donors (Lipinski definition) is 0. The molecule has 0 N–H and O–H groups in total. The quantitative estimate of drug-likeness (QED) is 0.712. The Bertz CT molecular complexity index is 443. The van der Waals surface area contributed by atoms with Crippen molar-refractivity contribution in [3.63, 3.8) is 0 Å². The Labute approximate surface area is 112 Å². The molecule has 0 atom stereocenters. The van der Waals surface area contributed by atoms with E-state index in [0.717, 1.165) is 6.29 Å². The molecule has 1 rings (SSSR count). The minimum absolute atomic E-state index is 0.368. The molecule has 0 aliphatic heterocycles. The number of carbonyl (C=O) groups excluding carboxylic acids is 1. The monoisotopic (exact) mass is 266 g/mol. The van der Waals surface area contributed by atoms with E-state index in [0.29, 0.717) is 42.4 Å². The van der Waals surface area contributed by atoms with Crippen molar-refractivity contribution in [2.45, 2.75) is 6.42 Å². The number of ether oxygens (including phenoxy) is 1. The Balaban J connectivity index is 3.02. The summed E-state index contributed by atoms with van der Waals surface area (Å²) in [5, 5.41) is 9.18. The number of anilines is 1. The normalized spacial score (nSPS) is 9.83. The number of para-hydroxylation sites is 1. The molecule has 0 unspecified atom stereocenters. The Hall–Kier alpha value is -1.57. The van der Waals surface area contributed by atoms with E-state index in [9.17, 15) is 4.79 Å². The average Bonchev–Trinajstić information content (AvgIpc) is 2.39. The van der Waals surface area contributed by atoms with Crippen LogP contribution < -0.4 is 4.90 Å². The number of rotatable bonds is 7. The zero-order valence-electron chi connectivity index (χ0n) is 10.2. The standard InChI is InChI=1S/C13H15ClN2O2/c1-18-9-8-16(7-3-6-15)13-11(10-17)4-2-5-12(13)14/h2,4-5,10H,3,7-9H2,1H3. The van der Waals surface area contributed by atoms with Crippen LogP contribution in [0.15, 0.2) is 18.2 Å². The zero-order chi connectivity index (χ0) is 13.4. The third-order valence-corrected chi connectivity index (χ3v) is 2.83. The molecule has 0 heterocycles. The van der Waals surface area contributed by atoms with Crippen LogP contribution in [0.25, 0.3) is 0 Å². The van der Waals surface area contributed by atoms with Crippen molar-refractivity contribution in [3.05, 3.63) is 28.8 Å². The molecule has 0 aromatic heterocycles. The number of methoxy groups -OCH3 is 1. The Morgan fingerprint density at radius 1 is 1.50 bits per heavy atom. The largest absolute Gasteiger partial charge is 0.383 e.